The van der Waals surface area contributed by atoms with Crippen molar-refractivity contribution in [1.29, 1.82) is 0 Å². The summed E-state index contributed by atoms with van der Waals surface area (Å²) in [7, 11) is 0. The number of hydrogen-bond acceptors (Lipinski definition) is 6. The summed E-state index contributed by atoms with van der Waals surface area (Å²) in [5, 5.41) is 4.14. The van der Waals surface area contributed by atoms with Crippen molar-refractivity contribution in [2.24, 2.45) is 0 Å². The Balaban J connectivity index is 1.50. The van der Waals surface area contributed by atoms with Crippen LogP contribution in [0.4, 0.5) is 24.8 Å². The summed E-state index contributed by atoms with van der Waals surface area (Å²) < 4.78 is 41.3. The van der Waals surface area contributed by atoms with Crippen LogP contribution in [-0.4, -0.2) is 50.9 Å². The van der Waals surface area contributed by atoms with Crippen LogP contribution < -0.4 is 9.80 Å². The van der Waals surface area contributed by atoms with Crippen LogP contribution in [0.5, 0.6) is 0 Å². The van der Waals surface area contributed by atoms with Crippen molar-refractivity contribution in [3.8, 4) is 5.82 Å². The summed E-state index contributed by atoms with van der Waals surface area (Å²) in [4.78, 5) is 16.1. The van der Waals surface area contributed by atoms with Crippen LogP contribution in [0.2, 0.25) is 0 Å². The highest BCUT2D eigenvalue weighted by Crippen LogP contribution is 2.35. The topological polar surface area (TPSA) is 63.0 Å². The van der Waals surface area contributed by atoms with Crippen molar-refractivity contribution in [3.63, 3.8) is 0 Å². The van der Waals surface area contributed by atoms with E-state index in [9.17, 15) is 13.2 Å². The van der Waals surface area contributed by atoms with E-state index < -0.39 is 11.7 Å². The number of hydrogen-bond donors (Lipinski definition) is 0. The minimum atomic E-state index is -4.42. The minimum absolute atomic E-state index is 0.0235. The summed E-state index contributed by atoms with van der Waals surface area (Å²) in [5.74, 6) is 1.33. The Kier molecular flexibility index (Phi) is 4.38. The molecule has 7 nitrogen and oxygen atoms in total. The minimum Gasteiger partial charge on any atom is -0.353 e. The van der Waals surface area contributed by atoms with Crippen molar-refractivity contribution in [1.82, 2.24) is 24.7 Å². The van der Waals surface area contributed by atoms with Gasteiger partial charge in [0.25, 0.3) is 0 Å². The molecule has 0 spiro atoms. The number of halogens is 3. The third kappa shape index (κ3) is 3.55. The maximum atomic E-state index is 13.2. The van der Waals surface area contributed by atoms with E-state index in [2.05, 4.69) is 20.1 Å². The van der Waals surface area contributed by atoms with E-state index in [4.69, 9.17) is 0 Å². The zero-order valence-corrected chi connectivity index (χ0v) is 14.2. The van der Waals surface area contributed by atoms with E-state index in [1.807, 2.05) is 11.0 Å². The Bertz CT molecular complexity index is 903. The highest BCUT2D eigenvalue weighted by atomic mass is 19.4. The summed E-state index contributed by atoms with van der Waals surface area (Å²) in [6, 6.07) is 5.98. The maximum Gasteiger partial charge on any atom is 0.419 e. The van der Waals surface area contributed by atoms with Crippen LogP contribution in [-0.2, 0) is 6.18 Å². The van der Waals surface area contributed by atoms with Crippen molar-refractivity contribution >= 4 is 11.6 Å². The molecule has 1 saturated heterocycles. The fraction of sp³-hybridized carbons (Fsp3) is 0.294. The molecule has 0 aromatic carbocycles. The number of pyridine rings is 1. The van der Waals surface area contributed by atoms with Gasteiger partial charge in [0.1, 0.15) is 18.0 Å². The highest BCUT2D eigenvalue weighted by Gasteiger charge is 2.36. The smallest absolute Gasteiger partial charge is 0.353 e. The molecule has 0 saturated carbocycles. The molecule has 0 radical (unpaired) electrons. The largest absolute Gasteiger partial charge is 0.419 e. The predicted molar refractivity (Wildman–Crippen MR) is 92.8 cm³/mol. The van der Waals surface area contributed by atoms with Crippen molar-refractivity contribution in [2.75, 3.05) is 36.0 Å². The zero-order chi connectivity index (χ0) is 18.9. The van der Waals surface area contributed by atoms with Gasteiger partial charge in [-0.15, -0.1) is 0 Å². The molecule has 4 heterocycles. The summed E-state index contributed by atoms with van der Waals surface area (Å²) in [5.41, 5.74) is -0.707. The van der Waals surface area contributed by atoms with Gasteiger partial charge in [-0.3, -0.25) is 0 Å². The molecule has 1 aliphatic rings. The van der Waals surface area contributed by atoms with Gasteiger partial charge in [-0.2, -0.15) is 18.3 Å². The Morgan fingerprint density at radius 3 is 2.30 bits per heavy atom. The van der Waals surface area contributed by atoms with Gasteiger partial charge in [0.2, 0.25) is 0 Å². The first-order valence-electron chi connectivity index (χ1n) is 8.36. The Morgan fingerprint density at radius 2 is 1.59 bits per heavy atom. The Labute approximate surface area is 153 Å². The summed E-state index contributed by atoms with van der Waals surface area (Å²) in [6.07, 6.45) is 1.86. The van der Waals surface area contributed by atoms with E-state index in [1.54, 1.807) is 28.0 Å². The number of aromatic nitrogens is 5. The summed E-state index contributed by atoms with van der Waals surface area (Å²) in [6.45, 7) is 1.90. The number of alkyl halides is 3. The van der Waals surface area contributed by atoms with Gasteiger partial charge in [-0.1, -0.05) is 0 Å². The van der Waals surface area contributed by atoms with Gasteiger partial charge in [0.15, 0.2) is 5.82 Å². The van der Waals surface area contributed by atoms with E-state index in [-0.39, 0.29) is 5.82 Å². The molecular weight excluding hydrogens is 359 g/mol. The van der Waals surface area contributed by atoms with Gasteiger partial charge in [-0.25, -0.2) is 19.6 Å². The van der Waals surface area contributed by atoms with Crippen LogP contribution in [0.1, 0.15) is 5.56 Å². The number of piperazine rings is 1. The van der Waals surface area contributed by atoms with Crippen molar-refractivity contribution in [3.05, 3.63) is 54.7 Å². The molecule has 27 heavy (non-hydrogen) atoms. The van der Waals surface area contributed by atoms with Gasteiger partial charge < -0.3 is 9.80 Å². The quantitative estimate of drug-likeness (QED) is 0.701. The van der Waals surface area contributed by atoms with Crippen LogP contribution in [0.3, 0.4) is 0 Å². The van der Waals surface area contributed by atoms with E-state index in [1.165, 1.54) is 18.6 Å². The molecule has 1 aliphatic heterocycles. The molecule has 0 aliphatic carbocycles. The second-order valence-corrected chi connectivity index (χ2v) is 6.03. The lowest BCUT2D eigenvalue weighted by Crippen LogP contribution is -2.47. The molecule has 4 rings (SSSR count). The monoisotopic (exact) mass is 375 g/mol. The Morgan fingerprint density at radius 1 is 0.852 bits per heavy atom. The van der Waals surface area contributed by atoms with Crippen LogP contribution in [0, 0.1) is 0 Å². The number of rotatable bonds is 3. The van der Waals surface area contributed by atoms with Crippen LogP contribution >= 0.6 is 0 Å². The molecule has 3 aromatic heterocycles. The standard InChI is InChI=1S/C17H16F3N7/c18-17(19,20)13-3-1-4-21-16(13)26-9-7-25(8-10-26)14-11-15(23-12-22-14)27-6-2-5-24-27/h1-6,11-12H,7-10H2. The van der Waals surface area contributed by atoms with E-state index in [0.717, 1.165) is 6.07 Å². The SMILES string of the molecule is FC(F)(F)c1cccnc1N1CCN(c2cc(-n3cccn3)ncn2)CC1. The number of anilines is 2. The maximum absolute atomic E-state index is 13.2. The number of nitrogens with zero attached hydrogens (tertiary/aromatic N) is 7. The highest BCUT2D eigenvalue weighted by molar-refractivity contribution is 5.51. The fourth-order valence-corrected chi connectivity index (χ4v) is 3.06. The van der Waals surface area contributed by atoms with Gasteiger partial charge >= 0.3 is 6.18 Å². The molecule has 0 atom stereocenters. The summed E-state index contributed by atoms with van der Waals surface area (Å²) >= 11 is 0. The van der Waals surface area contributed by atoms with Gasteiger partial charge in [-0.05, 0) is 18.2 Å². The molecule has 0 N–H and O–H groups in total. The third-order valence-electron chi connectivity index (χ3n) is 4.37. The first-order valence-corrected chi connectivity index (χ1v) is 8.36. The van der Waals surface area contributed by atoms with Crippen LogP contribution in [0.15, 0.2) is 49.2 Å². The first-order chi connectivity index (χ1) is 13.0. The molecule has 140 valence electrons. The molecule has 0 unspecified atom stereocenters. The fourth-order valence-electron chi connectivity index (χ4n) is 3.06. The average Bonchev–Trinajstić information content (AvgIpc) is 3.23. The lowest BCUT2D eigenvalue weighted by Gasteiger charge is -2.36. The molecule has 1 fully saturated rings. The van der Waals surface area contributed by atoms with E-state index in [0.29, 0.717) is 37.8 Å². The molecule has 0 bridgehead atoms. The first kappa shape index (κ1) is 17.3. The van der Waals surface area contributed by atoms with Crippen molar-refractivity contribution < 1.29 is 13.2 Å². The molecular formula is C17H16F3N7. The molecule has 10 heteroatoms. The molecule has 3 aromatic rings. The van der Waals surface area contributed by atoms with E-state index >= 15 is 0 Å². The van der Waals surface area contributed by atoms with Gasteiger partial charge in [0.05, 0.1) is 5.56 Å². The lowest BCUT2D eigenvalue weighted by molar-refractivity contribution is -0.137. The average molecular weight is 375 g/mol. The van der Waals surface area contributed by atoms with Crippen molar-refractivity contribution in [2.45, 2.75) is 6.18 Å². The normalized spacial score (nSPS) is 15.2. The lowest BCUT2D eigenvalue weighted by atomic mass is 10.2. The van der Waals surface area contributed by atoms with Gasteiger partial charge in [0, 0.05) is 50.8 Å². The Hall–Kier alpha value is -3.17. The second kappa shape index (κ2) is 6.86. The van der Waals surface area contributed by atoms with Crippen LogP contribution in [0.25, 0.3) is 5.82 Å². The second-order valence-electron chi connectivity index (χ2n) is 6.03. The zero-order valence-electron chi connectivity index (χ0n) is 14.2. The predicted octanol–water partition coefficient (Wildman–Crippen LogP) is 2.40. The molecule has 0 amide bonds. The third-order valence-corrected chi connectivity index (χ3v) is 4.37.